The van der Waals surface area contributed by atoms with E-state index in [1.54, 1.807) is 0 Å². The van der Waals surface area contributed by atoms with Crippen LogP contribution in [0.15, 0.2) is 46.9 Å². The van der Waals surface area contributed by atoms with E-state index in [1.165, 1.54) is 12.1 Å². The maximum atomic E-state index is 13.3. The molecule has 106 valence electrons. The first-order valence-corrected chi connectivity index (χ1v) is 7.24. The van der Waals surface area contributed by atoms with Gasteiger partial charge in [0.2, 0.25) is 0 Å². The Morgan fingerprint density at radius 1 is 1.25 bits per heavy atom. The van der Waals surface area contributed by atoms with Gasteiger partial charge in [-0.15, -0.1) is 0 Å². The number of rotatable bonds is 5. The number of para-hydroxylation sites is 1. The highest BCUT2D eigenvalue weighted by Crippen LogP contribution is 2.27. The Bertz CT molecular complexity index is 566. The van der Waals surface area contributed by atoms with Crippen LogP contribution < -0.4 is 4.74 Å². The van der Waals surface area contributed by atoms with E-state index >= 15 is 0 Å². The number of benzene rings is 2. The van der Waals surface area contributed by atoms with Crippen LogP contribution in [0, 0.1) is 5.82 Å². The number of halogens is 2. The first-order valence-electron chi connectivity index (χ1n) is 6.45. The smallest absolute Gasteiger partial charge is 0.125 e. The summed E-state index contributed by atoms with van der Waals surface area (Å²) >= 11 is 3.25. The van der Waals surface area contributed by atoms with Gasteiger partial charge in [0.25, 0.3) is 0 Å². The Morgan fingerprint density at radius 3 is 2.70 bits per heavy atom. The minimum atomic E-state index is -0.551. The van der Waals surface area contributed by atoms with Gasteiger partial charge >= 0.3 is 0 Å². The second kappa shape index (κ2) is 6.86. The topological polar surface area (TPSA) is 29.5 Å². The molecule has 2 rings (SSSR count). The molecular formula is C16H16BrFO2. The summed E-state index contributed by atoms with van der Waals surface area (Å²) < 4.78 is 19.7. The van der Waals surface area contributed by atoms with Crippen LogP contribution >= 0.6 is 15.9 Å². The van der Waals surface area contributed by atoms with Gasteiger partial charge in [-0.3, -0.25) is 0 Å². The molecule has 4 heteroatoms. The zero-order valence-corrected chi connectivity index (χ0v) is 12.7. The molecule has 2 nitrogen and oxygen atoms in total. The highest BCUT2D eigenvalue weighted by atomic mass is 79.9. The van der Waals surface area contributed by atoms with Gasteiger partial charge in [0.05, 0.1) is 6.10 Å². The summed E-state index contributed by atoms with van der Waals surface area (Å²) in [5, 5.41) is 9.95. The van der Waals surface area contributed by atoms with Crippen molar-refractivity contribution in [2.24, 2.45) is 0 Å². The lowest BCUT2D eigenvalue weighted by molar-refractivity contribution is 0.166. The molecule has 0 amide bonds. The standard InChI is InChI=1S/C16H16BrFO2/c1-2-15(19)14-5-3-4-6-16(14)20-10-11-7-12(17)9-13(18)8-11/h3-9,15,19H,2,10H2,1H3. The fraction of sp³-hybridized carbons (Fsp3) is 0.250. The number of ether oxygens (including phenoxy) is 1. The average Bonchev–Trinajstić information content (AvgIpc) is 2.43. The van der Waals surface area contributed by atoms with Crippen LogP contribution in [-0.4, -0.2) is 5.11 Å². The fourth-order valence-corrected chi connectivity index (χ4v) is 2.48. The van der Waals surface area contributed by atoms with E-state index in [1.807, 2.05) is 37.3 Å². The molecule has 0 spiro atoms. The van der Waals surface area contributed by atoms with Gasteiger partial charge in [-0.05, 0) is 36.2 Å². The third kappa shape index (κ3) is 3.81. The van der Waals surface area contributed by atoms with Crippen molar-refractivity contribution in [3.8, 4) is 5.75 Å². The Hall–Kier alpha value is -1.39. The van der Waals surface area contributed by atoms with E-state index in [9.17, 15) is 9.50 Å². The minimum Gasteiger partial charge on any atom is -0.489 e. The third-order valence-corrected chi connectivity index (χ3v) is 3.44. The summed E-state index contributed by atoms with van der Waals surface area (Å²) in [6.07, 6.45) is 0.0664. The van der Waals surface area contributed by atoms with Crippen molar-refractivity contribution < 1.29 is 14.2 Å². The van der Waals surface area contributed by atoms with Crippen molar-refractivity contribution in [1.82, 2.24) is 0 Å². The molecule has 1 unspecified atom stereocenters. The summed E-state index contributed by atoms with van der Waals surface area (Å²) in [7, 11) is 0. The monoisotopic (exact) mass is 338 g/mol. The van der Waals surface area contributed by atoms with Crippen molar-refractivity contribution in [1.29, 1.82) is 0 Å². The summed E-state index contributed by atoms with van der Waals surface area (Å²) in [5.41, 5.74) is 1.49. The third-order valence-electron chi connectivity index (χ3n) is 2.98. The number of hydrogen-bond acceptors (Lipinski definition) is 2. The first kappa shape index (κ1) is 15.0. The Kier molecular flexibility index (Phi) is 5.15. The lowest BCUT2D eigenvalue weighted by Gasteiger charge is -2.15. The zero-order valence-electron chi connectivity index (χ0n) is 11.1. The van der Waals surface area contributed by atoms with E-state index < -0.39 is 6.10 Å². The highest BCUT2D eigenvalue weighted by molar-refractivity contribution is 9.10. The molecule has 2 aromatic carbocycles. The van der Waals surface area contributed by atoms with Crippen LogP contribution in [-0.2, 0) is 6.61 Å². The van der Waals surface area contributed by atoms with Crippen LogP contribution in [0.1, 0.15) is 30.6 Å². The second-order valence-electron chi connectivity index (χ2n) is 4.53. The maximum absolute atomic E-state index is 13.3. The van der Waals surface area contributed by atoms with Gasteiger partial charge in [-0.2, -0.15) is 0 Å². The van der Waals surface area contributed by atoms with E-state index in [2.05, 4.69) is 15.9 Å². The second-order valence-corrected chi connectivity index (χ2v) is 5.44. The fourth-order valence-electron chi connectivity index (χ4n) is 1.96. The summed E-state index contributed by atoms with van der Waals surface area (Å²) in [5.74, 6) is 0.321. The molecule has 1 atom stereocenters. The Morgan fingerprint density at radius 2 is 2.00 bits per heavy atom. The SMILES string of the molecule is CCC(O)c1ccccc1OCc1cc(F)cc(Br)c1. The summed E-state index contributed by atoms with van der Waals surface area (Å²) in [4.78, 5) is 0. The predicted octanol–water partition coefficient (Wildman–Crippen LogP) is 4.61. The maximum Gasteiger partial charge on any atom is 0.125 e. The Labute approximate surface area is 126 Å². The van der Waals surface area contributed by atoms with Crippen LogP contribution in [0.3, 0.4) is 0 Å². The molecular weight excluding hydrogens is 323 g/mol. The average molecular weight is 339 g/mol. The highest BCUT2D eigenvalue weighted by Gasteiger charge is 2.11. The molecule has 0 aromatic heterocycles. The lowest BCUT2D eigenvalue weighted by Crippen LogP contribution is -2.02. The van der Waals surface area contributed by atoms with Gasteiger partial charge in [0.1, 0.15) is 18.2 Å². The molecule has 0 bridgehead atoms. The van der Waals surface area contributed by atoms with Crippen molar-refractivity contribution in [2.75, 3.05) is 0 Å². The molecule has 0 aliphatic carbocycles. The molecule has 0 fully saturated rings. The number of hydrogen-bond donors (Lipinski definition) is 1. The van der Waals surface area contributed by atoms with Crippen LogP contribution in [0.2, 0.25) is 0 Å². The van der Waals surface area contributed by atoms with Crippen molar-refractivity contribution in [2.45, 2.75) is 26.1 Å². The van der Waals surface area contributed by atoms with E-state index in [0.29, 0.717) is 16.6 Å². The van der Waals surface area contributed by atoms with Crippen LogP contribution in [0.25, 0.3) is 0 Å². The largest absolute Gasteiger partial charge is 0.489 e. The van der Waals surface area contributed by atoms with Crippen molar-refractivity contribution >= 4 is 15.9 Å². The van der Waals surface area contributed by atoms with Gasteiger partial charge in [0, 0.05) is 10.0 Å². The minimum absolute atomic E-state index is 0.254. The normalized spacial score (nSPS) is 12.2. The molecule has 0 aliphatic heterocycles. The van der Waals surface area contributed by atoms with Crippen LogP contribution in [0.5, 0.6) is 5.75 Å². The summed E-state index contributed by atoms with van der Waals surface area (Å²) in [6.45, 7) is 2.16. The van der Waals surface area contributed by atoms with Gasteiger partial charge in [-0.1, -0.05) is 41.1 Å². The van der Waals surface area contributed by atoms with E-state index in [-0.39, 0.29) is 12.4 Å². The molecule has 2 aromatic rings. The molecule has 0 aliphatic rings. The molecule has 0 saturated heterocycles. The van der Waals surface area contributed by atoms with Gasteiger partial charge < -0.3 is 9.84 Å². The lowest BCUT2D eigenvalue weighted by atomic mass is 10.1. The molecule has 1 N–H and O–H groups in total. The van der Waals surface area contributed by atoms with Gasteiger partial charge in [-0.25, -0.2) is 4.39 Å². The zero-order chi connectivity index (χ0) is 14.5. The number of aliphatic hydroxyl groups is 1. The Balaban J connectivity index is 2.14. The van der Waals surface area contributed by atoms with E-state index in [0.717, 1.165) is 11.1 Å². The molecule has 0 saturated carbocycles. The quantitative estimate of drug-likeness (QED) is 0.862. The first-order chi connectivity index (χ1) is 9.60. The summed E-state index contributed by atoms with van der Waals surface area (Å²) in [6, 6.07) is 12.0. The van der Waals surface area contributed by atoms with E-state index in [4.69, 9.17) is 4.74 Å². The van der Waals surface area contributed by atoms with Crippen molar-refractivity contribution in [3.05, 3.63) is 63.9 Å². The van der Waals surface area contributed by atoms with Crippen molar-refractivity contribution in [3.63, 3.8) is 0 Å². The molecule has 0 radical (unpaired) electrons. The number of aliphatic hydroxyl groups excluding tert-OH is 1. The molecule has 0 heterocycles. The van der Waals surface area contributed by atoms with Gasteiger partial charge in [0.15, 0.2) is 0 Å². The molecule has 20 heavy (non-hydrogen) atoms. The predicted molar refractivity (Wildman–Crippen MR) is 80.1 cm³/mol. The van der Waals surface area contributed by atoms with Crippen LogP contribution in [0.4, 0.5) is 4.39 Å².